The minimum absolute atomic E-state index is 0.0650. The molecule has 0 spiro atoms. The second kappa shape index (κ2) is 11.6. The highest BCUT2D eigenvalue weighted by Gasteiger charge is 2.23. The Balaban J connectivity index is 2.01. The number of cyclic esters (lactones) is 1. The third-order valence-electron chi connectivity index (χ3n) is 4.02. The first-order valence-corrected chi connectivity index (χ1v) is 8.73. The highest BCUT2D eigenvalue weighted by Crippen LogP contribution is 2.13. The molecule has 0 aromatic rings. The topological polar surface area (TPSA) is 46.6 Å². The lowest BCUT2D eigenvalue weighted by atomic mass is 10.1. The fourth-order valence-electron chi connectivity index (χ4n) is 2.65. The summed E-state index contributed by atoms with van der Waals surface area (Å²) in [6.45, 7) is 3.20. The van der Waals surface area contributed by atoms with E-state index in [-0.39, 0.29) is 5.91 Å². The Morgan fingerprint density at radius 3 is 2.29 bits per heavy atom. The number of rotatable bonds is 10. The van der Waals surface area contributed by atoms with Crippen LogP contribution in [0.15, 0.2) is 0 Å². The lowest BCUT2D eigenvalue weighted by Crippen LogP contribution is -2.36. The van der Waals surface area contributed by atoms with Gasteiger partial charge in [0.05, 0.1) is 6.61 Å². The van der Waals surface area contributed by atoms with Crippen LogP contribution in [0.2, 0.25) is 0 Å². The van der Waals surface area contributed by atoms with E-state index >= 15 is 0 Å². The second-order valence-electron chi connectivity index (χ2n) is 5.95. The van der Waals surface area contributed by atoms with Gasteiger partial charge in [-0.15, -0.1) is 0 Å². The molecule has 1 saturated heterocycles. The van der Waals surface area contributed by atoms with E-state index in [1.165, 1.54) is 49.8 Å². The van der Waals surface area contributed by atoms with Gasteiger partial charge in [0.1, 0.15) is 0 Å². The van der Waals surface area contributed by atoms with Gasteiger partial charge in [0, 0.05) is 13.0 Å². The summed E-state index contributed by atoms with van der Waals surface area (Å²) in [5.41, 5.74) is 0. The predicted octanol–water partition coefficient (Wildman–Crippen LogP) is 4.67. The highest BCUT2D eigenvalue weighted by molar-refractivity contribution is 5.91. The molecule has 0 bridgehead atoms. The van der Waals surface area contributed by atoms with Crippen molar-refractivity contribution in [2.45, 2.75) is 84.0 Å². The zero-order valence-electron chi connectivity index (χ0n) is 13.6. The van der Waals surface area contributed by atoms with Gasteiger partial charge in [0.15, 0.2) is 0 Å². The molecular formula is C17H31NO3. The predicted molar refractivity (Wildman–Crippen MR) is 84.1 cm³/mol. The second-order valence-corrected chi connectivity index (χ2v) is 5.95. The molecule has 4 nitrogen and oxygen atoms in total. The van der Waals surface area contributed by atoms with E-state index in [2.05, 4.69) is 6.92 Å². The van der Waals surface area contributed by atoms with Crippen molar-refractivity contribution in [3.05, 3.63) is 0 Å². The maximum Gasteiger partial charge on any atom is 0.416 e. The molecule has 0 aliphatic carbocycles. The molecule has 4 heteroatoms. The number of hydrogen-bond acceptors (Lipinski definition) is 3. The van der Waals surface area contributed by atoms with Crippen molar-refractivity contribution >= 4 is 12.0 Å². The van der Waals surface area contributed by atoms with Gasteiger partial charge in [0.2, 0.25) is 5.91 Å². The van der Waals surface area contributed by atoms with E-state index in [1.54, 1.807) is 0 Å². The first-order valence-electron chi connectivity index (χ1n) is 8.73. The molecule has 21 heavy (non-hydrogen) atoms. The molecule has 1 aliphatic heterocycles. The summed E-state index contributed by atoms with van der Waals surface area (Å²) >= 11 is 0. The van der Waals surface area contributed by atoms with Gasteiger partial charge in [-0.25, -0.2) is 9.69 Å². The van der Waals surface area contributed by atoms with Crippen molar-refractivity contribution in [3.63, 3.8) is 0 Å². The summed E-state index contributed by atoms with van der Waals surface area (Å²) in [5.74, 6) is -0.0650. The van der Waals surface area contributed by atoms with E-state index in [0.717, 1.165) is 25.7 Å². The van der Waals surface area contributed by atoms with Crippen LogP contribution in [0.1, 0.15) is 84.0 Å². The average Bonchev–Trinajstić information content (AvgIpc) is 2.70. The molecule has 1 rings (SSSR count). The summed E-state index contributed by atoms with van der Waals surface area (Å²) in [6, 6.07) is 0. The fourth-order valence-corrected chi connectivity index (χ4v) is 2.65. The first kappa shape index (κ1) is 18.0. The first-order chi connectivity index (χ1) is 10.3. The summed E-state index contributed by atoms with van der Waals surface area (Å²) < 4.78 is 4.99. The minimum Gasteiger partial charge on any atom is -0.449 e. The Morgan fingerprint density at radius 2 is 1.62 bits per heavy atom. The number of carbonyl (C=O) groups is 2. The highest BCUT2D eigenvalue weighted by atomic mass is 16.6. The molecule has 0 radical (unpaired) electrons. The van der Waals surface area contributed by atoms with Gasteiger partial charge >= 0.3 is 6.09 Å². The SMILES string of the molecule is CCCCCCCCCCCC(=O)N1CCCCOC1=O. The van der Waals surface area contributed by atoms with E-state index in [9.17, 15) is 9.59 Å². The van der Waals surface area contributed by atoms with E-state index in [1.807, 2.05) is 0 Å². The lowest BCUT2D eigenvalue weighted by molar-refractivity contribution is -0.129. The van der Waals surface area contributed by atoms with Crippen molar-refractivity contribution < 1.29 is 14.3 Å². The van der Waals surface area contributed by atoms with Crippen LogP contribution in [0.4, 0.5) is 4.79 Å². The van der Waals surface area contributed by atoms with Gasteiger partial charge in [-0.1, -0.05) is 58.3 Å². The number of carbonyl (C=O) groups excluding carboxylic acids is 2. The molecule has 0 N–H and O–H groups in total. The Kier molecular flexibility index (Phi) is 9.92. The van der Waals surface area contributed by atoms with Gasteiger partial charge in [-0.05, 0) is 19.3 Å². The van der Waals surface area contributed by atoms with Gasteiger partial charge in [-0.3, -0.25) is 4.79 Å². The van der Waals surface area contributed by atoms with Crippen LogP contribution < -0.4 is 0 Å². The molecule has 0 saturated carbocycles. The van der Waals surface area contributed by atoms with Gasteiger partial charge < -0.3 is 4.74 Å². The van der Waals surface area contributed by atoms with Crippen LogP contribution in [0, 0.1) is 0 Å². The van der Waals surface area contributed by atoms with E-state index < -0.39 is 6.09 Å². The largest absolute Gasteiger partial charge is 0.449 e. The zero-order valence-corrected chi connectivity index (χ0v) is 13.6. The maximum atomic E-state index is 12.0. The van der Waals surface area contributed by atoms with Crippen molar-refractivity contribution in [1.82, 2.24) is 4.90 Å². The Hall–Kier alpha value is -1.06. The van der Waals surface area contributed by atoms with Crippen molar-refractivity contribution in [3.8, 4) is 0 Å². The number of imide groups is 1. The van der Waals surface area contributed by atoms with Crippen LogP contribution in [0.5, 0.6) is 0 Å². The van der Waals surface area contributed by atoms with Crippen LogP contribution >= 0.6 is 0 Å². The Morgan fingerprint density at radius 1 is 1.00 bits per heavy atom. The molecular weight excluding hydrogens is 266 g/mol. The normalized spacial score (nSPS) is 15.7. The minimum atomic E-state index is -0.451. The number of nitrogens with zero attached hydrogens (tertiary/aromatic N) is 1. The van der Waals surface area contributed by atoms with Crippen molar-refractivity contribution in [2.75, 3.05) is 13.2 Å². The molecule has 0 aromatic heterocycles. The molecule has 0 atom stereocenters. The quantitative estimate of drug-likeness (QED) is 0.551. The maximum absolute atomic E-state index is 12.0. The average molecular weight is 297 g/mol. The summed E-state index contributed by atoms with van der Waals surface area (Å²) in [6.07, 6.45) is 12.8. The number of amides is 2. The third kappa shape index (κ3) is 8.08. The van der Waals surface area contributed by atoms with Crippen molar-refractivity contribution in [1.29, 1.82) is 0 Å². The summed E-state index contributed by atoms with van der Waals surface area (Å²) in [4.78, 5) is 24.9. The Bertz CT molecular complexity index is 304. The molecule has 1 heterocycles. The molecule has 0 aromatic carbocycles. The Labute approximate surface area is 129 Å². The number of hydrogen-bond donors (Lipinski definition) is 0. The number of unbranched alkanes of at least 4 members (excludes halogenated alkanes) is 8. The van der Waals surface area contributed by atoms with Crippen molar-refractivity contribution in [2.24, 2.45) is 0 Å². The zero-order chi connectivity index (χ0) is 15.3. The smallest absolute Gasteiger partial charge is 0.416 e. The van der Waals surface area contributed by atoms with Crippen LogP contribution in [-0.2, 0) is 9.53 Å². The van der Waals surface area contributed by atoms with E-state index in [0.29, 0.717) is 19.6 Å². The standard InChI is InChI=1S/C17H31NO3/c1-2-3-4-5-6-7-8-9-10-13-16(19)18-14-11-12-15-21-17(18)20/h2-15H2,1H3. The van der Waals surface area contributed by atoms with Crippen LogP contribution in [0.25, 0.3) is 0 Å². The lowest BCUT2D eigenvalue weighted by Gasteiger charge is -2.16. The third-order valence-corrected chi connectivity index (χ3v) is 4.02. The summed E-state index contributed by atoms with van der Waals surface area (Å²) in [5, 5.41) is 0. The van der Waals surface area contributed by atoms with Gasteiger partial charge in [0.25, 0.3) is 0 Å². The van der Waals surface area contributed by atoms with E-state index in [4.69, 9.17) is 4.74 Å². The fraction of sp³-hybridized carbons (Fsp3) is 0.882. The van der Waals surface area contributed by atoms with Crippen LogP contribution in [-0.4, -0.2) is 30.1 Å². The monoisotopic (exact) mass is 297 g/mol. The molecule has 2 amide bonds. The molecule has 1 fully saturated rings. The molecule has 0 unspecified atom stereocenters. The molecule has 1 aliphatic rings. The van der Waals surface area contributed by atoms with Gasteiger partial charge in [-0.2, -0.15) is 0 Å². The summed E-state index contributed by atoms with van der Waals surface area (Å²) in [7, 11) is 0. The molecule has 122 valence electrons. The number of ether oxygens (including phenoxy) is 1. The van der Waals surface area contributed by atoms with Crippen LogP contribution in [0.3, 0.4) is 0 Å².